The molecule has 0 unspecified atom stereocenters. The highest BCUT2D eigenvalue weighted by atomic mass is 35.5. The zero-order valence-corrected chi connectivity index (χ0v) is 18.4. The van der Waals surface area contributed by atoms with Crippen molar-refractivity contribution in [2.45, 2.75) is 37.6 Å². The molecule has 0 aromatic heterocycles. The number of unbranched alkanes of at least 4 members (excludes halogenated alkanes) is 1. The molecule has 0 amide bonds. The van der Waals surface area contributed by atoms with E-state index in [-0.39, 0.29) is 0 Å². The maximum atomic E-state index is 12.9. The average molecular weight is 441 g/mol. The van der Waals surface area contributed by atoms with Crippen molar-refractivity contribution in [3.63, 3.8) is 0 Å². The highest BCUT2D eigenvalue weighted by Gasteiger charge is 2.28. The van der Waals surface area contributed by atoms with Crippen LogP contribution in [-0.4, -0.2) is 43.8 Å². The normalized spacial score (nSPS) is 16.4. The summed E-state index contributed by atoms with van der Waals surface area (Å²) in [4.78, 5) is 2.62. The molecule has 0 spiro atoms. The Hall–Kier alpha value is -1.11. The molecule has 1 aliphatic rings. The van der Waals surface area contributed by atoms with Crippen LogP contribution in [0.5, 0.6) is 0 Å². The summed E-state index contributed by atoms with van der Waals surface area (Å²) in [5.41, 5.74) is 2.26. The second-order valence-corrected chi connectivity index (χ2v) is 9.93. The Labute approximate surface area is 178 Å². The Kier molecular flexibility index (Phi) is 7.40. The summed E-state index contributed by atoms with van der Waals surface area (Å²) >= 11 is 12.1. The van der Waals surface area contributed by atoms with Crippen molar-refractivity contribution < 1.29 is 8.42 Å². The number of sulfonamides is 1. The van der Waals surface area contributed by atoms with Crippen molar-refractivity contribution in [2.75, 3.05) is 26.2 Å². The fraction of sp³-hybridized carbons (Fsp3) is 0.429. The molecule has 2 aromatic rings. The largest absolute Gasteiger partial charge is 0.296 e. The Balaban J connectivity index is 1.59. The van der Waals surface area contributed by atoms with E-state index in [1.54, 1.807) is 22.5 Å². The van der Waals surface area contributed by atoms with Gasteiger partial charge in [-0.3, -0.25) is 4.90 Å². The van der Waals surface area contributed by atoms with Crippen LogP contribution in [0.15, 0.2) is 47.4 Å². The lowest BCUT2D eigenvalue weighted by Gasteiger charge is -2.34. The maximum Gasteiger partial charge on any atom is 0.243 e. The van der Waals surface area contributed by atoms with Crippen LogP contribution >= 0.6 is 23.2 Å². The topological polar surface area (TPSA) is 40.6 Å². The Morgan fingerprint density at radius 3 is 2.14 bits per heavy atom. The van der Waals surface area contributed by atoms with E-state index in [0.29, 0.717) is 41.1 Å². The van der Waals surface area contributed by atoms with Crippen LogP contribution in [0.4, 0.5) is 0 Å². The molecule has 7 heteroatoms. The van der Waals surface area contributed by atoms with Crippen LogP contribution in [-0.2, 0) is 23.0 Å². The van der Waals surface area contributed by atoms with Crippen LogP contribution < -0.4 is 0 Å². The number of benzene rings is 2. The second kappa shape index (κ2) is 9.59. The van der Waals surface area contributed by atoms with Crippen LogP contribution in [0.1, 0.15) is 30.9 Å². The monoisotopic (exact) mass is 440 g/mol. The first-order chi connectivity index (χ1) is 13.4. The molecular formula is C21H26Cl2N2O2S. The van der Waals surface area contributed by atoms with E-state index in [1.807, 2.05) is 24.3 Å². The fourth-order valence-electron chi connectivity index (χ4n) is 3.38. The number of piperazine rings is 1. The molecule has 1 fully saturated rings. The van der Waals surface area contributed by atoms with Gasteiger partial charge in [-0.05, 0) is 48.2 Å². The molecule has 2 aromatic carbocycles. The minimum Gasteiger partial charge on any atom is -0.296 e. The SMILES string of the molecule is CCCCc1ccc(S(=O)(=O)N2CCN(Cc3ccc(Cl)c(Cl)c3)CC2)cc1. The van der Waals surface area contributed by atoms with Gasteiger partial charge in [0, 0.05) is 32.7 Å². The van der Waals surface area contributed by atoms with Gasteiger partial charge in [0.25, 0.3) is 0 Å². The summed E-state index contributed by atoms with van der Waals surface area (Å²) in [5.74, 6) is 0. The van der Waals surface area contributed by atoms with Crippen molar-refractivity contribution in [1.82, 2.24) is 9.21 Å². The molecule has 1 saturated heterocycles. The summed E-state index contributed by atoms with van der Waals surface area (Å²) in [6.07, 6.45) is 3.24. The van der Waals surface area contributed by atoms with Crippen molar-refractivity contribution in [2.24, 2.45) is 0 Å². The van der Waals surface area contributed by atoms with Gasteiger partial charge in [0.05, 0.1) is 14.9 Å². The molecule has 152 valence electrons. The number of hydrogen-bond donors (Lipinski definition) is 0. The van der Waals surface area contributed by atoms with Gasteiger partial charge in [-0.25, -0.2) is 8.42 Å². The van der Waals surface area contributed by atoms with Crippen molar-refractivity contribution in [1.29, 1.82) is 0 Å². The predicted molar refractivity (Wildman–Crippen MR) is 116 cm³/mol. The van der Waals surface area contributed by atoms with Gasteiger partial charge in [0.2, 0.25) is 10.0 Å². The molecule has 0 N–H and O–H groups in total. The van der Waals surface area contributed by atoms with Gasteiger partial charge in [-0.1, -0.05) is 54.7 Å². The van der Waals surface area contributed by atoms with Gasteiger partial charge in [-0.2, -0.15) is 4.31 Å². The third kappa shape index (κ3) is 5.28. The van der Waals surface area contributed by atoms with E-state index in [1.165, 1.54) is 5.56 Å². The molecule has 0 saturated carbocycles. The first-order valence-corrected chi connectivity index (χ1v) is 11.8. The summed E-state index contributed by atoms with van der Waals surface area (Å²) < 4.78 is 27.5. The van der Waals surface area contributed by atoms with Gasteiger partial charge >= 0.3 is 0 Å². The minimum absolute atomic E-state index is 0.380. The quantitative estimate of drug-likeness (QED) is 0.617. The molecular weight excluding hydrogens is 415 g/mol. The molecule has 0 aliphatic carbocycles. The number of halogens is 2. The smallest absolute Gasteiger partial charge is 0.243 e. The summed E-state index contributed by atoms with van der Waals surface area (Å²) in [7, 11) is -3.44. The zero-order chi connectivity index (χ0) is 20.1. The molecule has 0 radical (unpaired) electrons. The first-order valence-electron chi connectivity index (χ1n) is 9.65. The van der Waals surface area contributed by atoms with Crippen LogP contribution in [0.25, 0.3) is 0 Å². The van der Waals surface area contributed by atoms with E-state index in [2.05, 4.69) is 11.8 Å². The Bertz CT molecular complexity index is 893. The van der Waals surface area contributed by atoms with Gasteiger partial charge in [0.1, 0.15) is 0 Å². The van der Waals surface area contributed by atoms with E-state index in [9.17, 15) is 8.42 Å². The van der Waals surface area contributed by atoms with E-state index < -0.39 is 10.0 Å². The number of aryl methyl sites for hydroxylation is 1. The Morgan fingerprint density at radius 1 is 0.893 bits per heavy atom. The standard InChI is InChI=1S/C21H26Cl2N2O2S/c1-2-3-4-17-5-8-19(9-6-17)28(26,27)25-13-11-24(12-14-25)16-18-7-10-20(22)21(23)15-18/h5-10,15H,2-4,11-14,16H2,1H3. The maximum absolute atomic E-state index is 12.9. The van der Waals surface area contributed by atoms with Crippen molar-refractivity contribution in [3.05, 3.63) is 63.6 Å². The van der Waals surface area contributed by atoms with E-state index in [0.717, 1.165) is 31.4 Å². The number of hydrogen-bond acceptors (Lipinski definition) is 3. The summed E-state index contributed by atoms with van der Waals surface area (Å²) in [6.45, 7) is 5.24. The summed E-state index contributed by atoms with van der Waals surface area (Å²) in [6, 6.07) is 13.0. The van der Waals surface area contributed by atoms with E-state index >= 15 is 0 Å². The fourth-order valence-corrected chi connectivity index (χ4v) is 5.13. The molecule has 1 aliphatic heterocycles. The van der Waals surface area contributed by atoms with Crippen LogP contribution in [0.2, 0.25) is 10.0 Å². The highest BCUT2D eigenvalue weighted by molar-refractivity contribution is 7.89. The third-order valence-electron chi connectivity index (χ3n) is 5.10. The average Bonchev–Trinajstić information content (AvgIpc) is 2.70. The van der Waals surface area contributed by atoms with Gasteiger partial charge in [0.15, 0.2) is 0 Å². The minimum atomic E-state index is -3.44. The van der Waals surface area contributed by atoms with Gasteiger partial charge in [-0.15, -0.1) is 0 Å². The number of rotatable bonds is 7. The molecule has 0 bridgehead atoms. The van der Waals surface area contributed by atoms with E-state index in [4.69, 9.17) is 23.2 Å². The lowest BCUT2D eigenvalue weighted by molar-refractivity contribution is 0.181. The van der Waals surface area contributed by atoms with Crippen LogP contribution in [0, 0.1) is 0 Å². The highest BCUT2D eigenvalue weighted by Crippen LogP contribution is 2.24. The molecule has 1 heterocycles. The lowest BCUT2D eigenvalue weighted by Crippen LogP contribution is -2.48. The Morgan fingerprint density at radius 2 is 1.54 bits per heavy atom. The van der Waals surface area contributed by atoms with Gasteiger partial charge < -0.3 is 0 Å². The third-order valence-corrected chi connectivity index (χ3v) is 7.75. The first kappa shape index (κ1) is 21.6. The molecule has 3 rings (SSSR count). The van der Waals surface area contributed by atoms with Crippen molar-refractivity contribution in [3.8, 4) is 0 Å². The molecule has 28 heavy (non-hydrogen) atoms. The molecule has 0 atom stereocenters. The number of nitrogens with zero attached hydrogens (tertiary/aromatic N) is 2. The zero-order valence-electron chi connectivity index (χ0n) is 16.1. The predicted octanol–water partition coefficient (Wildman–Crippen LogP) is 4.84. The van der Waals surface area contributed by atoms with Crippen molar-refractivity contribution >= 4 is 33.2 Å². The second-order valence-electron chi connectivity index (χ2n) is 7.18. The lowest BCUT2D eigenvalue weighted by atomic mass is 10.1. The summed E-state index contributed by atoms with van der Waals surface area (Å²) in [5, 5.41) is 1.09. The van der Waals surface area contributed by atoms with Crippen LogP contribution in [0.3, 0.4) is 0 Å². The molecule has 4 nitrogen and oxygen atoms in total.